The number of nitrogens with two attached hydrogens (primary N) is 1. The molecule has 1 heterocycles. The molecular weight excluding hydrogens is 264 g/mol. The van der Waals surface area contributed by atoms with Gasteiger partial charge in [-0.2, -0.15) is 0 Å². The van der Waals surface area contributed by atoms with Crippen molar-refractivity contribution in [2.24, 2.45) is 5.84 Å². The summed E-state index contributed by atoms with van der Waals surface area (Å²) in [6.45, 7) is 3.77. The minimum Gasteiger partial charge on any atom is -0.349 e. The lowest BCUT2D eigenvalue weighted by Gasteiger charge is -2.13. The fraction of sp³-hybridized carbons (Fsp3) is 0.500. The Morgan fingerprint density at radius 1 is 1.53 bits per heavy atom. The summed E-state index contributed by atoms with van der Waals surface area (Å²) in [5.74, 6) is 5.99. The maximum absolute atomic E-state index is 12.1. The van der Waals surface area contributed by atoms with Gasteiger partial charge in [0.2, 0.25) is 0 Å². The summed E-state index contributed by atoms with van der Waals surface area (Å²) in [5.41, 5.74) is 3.72. The molecule has 0 aliphatic rings. The van der Waals surface area contributed by atoms with Gasteiger partial charge < -0.3 is 10.7 Å². The highest BCUT2D eigenvalue weighted by atomic mass is 32.2. The molecule has 0 radical (unpaired) electrons. The van der Waals surface area contributed by atoms with Gasteiger partial charge in [-0.25, -0.2) is 10.8 Å². The molecule has 7 heteroatoms. The lowest BCUT2D eigenvalue weighted by atomic mass is 10.1. The third-order valence-electron chi connectivity index (χ3n) is 2.51. The maximum Gasteiger partial charge on any atom is 0.251 e. The first kappa shape index (κ1) is 15.6. The van der Waals surface area contributed by atoms with Crippen LogP contribution in [-0.4, -0.2) is 33.2 Å². The molecule has 0 aliphatic carbocycles. The van der Waals surface area contributed by atoms with Crippen molar-refractivity contribution in [3.8, 4) is 0 Å². The summed E-state index contributed by atoms with van der Waals surface area (Å²) in [4.78, 5) is 16.3. The molecule has 106 valence electrons. The van der Waals surface area contributed by atoms with E-state index in [4.69, 9.17) is 5.84 Å². The Kier molecular flexibility index (Phi) is 5.91. The van der Waals surface area contributed by atoms with Gasteiger partial charge in [0.05, 0.1) is 0 Å². The summed E-state index contributed by atoms with van der Waals surface area (Å²) in [6.07, 6.45) is 2.32. The van der Waals surface area contributed by atoms with E-state index >= 15 is 0 Å². The van der Waals surface area contributed by atoms with Crippen LogP contribution in [0.4, 0.5) is 5.82 Å². The van der Waals surface area contributed by atoms with E-state index in [2.05, 4.69) is 15.7 Å². The number of aryl methyl sites for hydroxylation is 1. The number of amides is 1. The summed E-state index contributed by atoms with van der Waals surface area (Å²) < 4.78 is 11.1. The molecule has 4 N–H and O–H groups in total. The van der Waals surface area contributed by atoms with E-state index in [1.54, 1.807) is 18.4 Å². The maximum atomic E-state index is 12.1. The third-order valence-corrected chi connectivity index (χ3v) is 3.48. The van der Waals surface area contributed by atoms with Crippen LogP contribution in [0, 0.1) is 0 Å². The van der Waals surface area contributed by atoms with Crippen molar-refractivity contribution in [3.05, 3.63) is 23.4 Å². The summed E-state index contributed by atoms with van der Waals surface area (Å²) >= 11 is 0. The average Bonchev–Trinajstić information content (AvgIpc) is 2.36. The Bertz CT molecular complexity index is 457. The minimum absolute atomic E-state index is 0.147. The molecule has 2 unspecified atom stereocenters. The SMILES string of the molecule is CCc1cc(C(=O)NC(C)CS(C)=O)cc(NN)n1. The second-order valence-corrected chi connectivity index (χ2v) is 5.82. The monoisotopic (exact) mass is 284 g/mol. The van der Waals surface area contributed by atoms with Crippen LogP contribution in [0.1, 0.15) is 29.9 Å². The van der Waals surface area contributed by atoms with E-state index in [-0.39, 0.29) is 11.9 Å². The van der Waals surface area contributed by atoms with Gasteiger partial charge in [0, 0.05) is 40.1 Å². The van der Waals surface area contributed by atoms with Crippen molar-refractivity contribution in [3.63, 3.8) is 0 Å². The minimum atomic E-state index is -0.940. The second-order valence-electron chi connectivity index (χ2n) is 4.34. The van der Waals surface area contributed by atoms with Crippen molar-refractivity contribution in [2.75, 3.05) is 17.4 Å². The van der Waals surface area contributed by atoms with Gasteiger partial charge >= 0.3 is 0 Å². The molecule has 1 aromatic rings. The van der Waals surface area contributed by atoms with E-state index < -0.39 is 10.8 Å². The standard InChI is InChI=1S/C12H20N4O2S/c1-4-10-5-9(6-11(15-10)16-13)12(17)14-8(2)7-19(3)18/h5-6,8H,4,7,13H2,1-3H3,(H,14,17)(H,15,16). The smallest absolute Gasteiger partial charge is 0.251 e. The van der Waals surface area contributed by atoms with Crippen molar-refractivity contribution in [2.45, 2.75) is 26.3 Å². The Morgan fingerprint density at radius 2 is 2.21 bits per heavy atom. The highest BCUT2D eigenvalue weighted by Gasteiger charge is 2.13. The average molecular weight is 284 g/mol. The zero-order valence-electron chi connectivity index (χ0n) is 11.4. The normalized spacial score (nSPS) is 13.7. The van der Waals surface area contributed by atoms with Gasteiger partial charge in [-0.05, 0) is 25.5 Å². The molecule has 1 amide bonds. The highest BCUT2D eigenvalue weighted by Crippen LogP contribution is 2.10. The van der Waals surface area contributed by atoms with E-state index in [1.807, 2.05) is 13.8 Å². The number of hydrazine groups is 1. The number of hydrogen-bond acceptors (Lipinski definition) is 5. The van der Waals surface area contributed by atoms with Crippen LogP contribution in [0.2, 0.25) is 0 Å². The number of nitrogens with one attached hydrogen (secondary N) is 2. The fourth-order valence-corrected chi connectivity index (χ4v) is 2.46. The Hall–Kier alpha value is -1.47. The van der Waals surface area contributed by atoms with Crippen LogP contribution < -0.4 is 16.6 Å². The van der Waals surface area contributed by atoms with Gasteiger partial charge in [-0.15, -0.1) is 0 Å². The molecule has 0 bridgehead atoms. The largest absolute Gasteiger partial charge is 0.349 e. The molecule has 0 fully saturated rings. The number of carbonyl (C=O) groups excluding carboxylic acids is 1. The number of pyridine rings is 1. The molecular formula is C12H20N4O2S. The predicted octanol–water partition coefficient (Wildman–Crippen LogP) is 0.426. The number of anilines is 1. The zero-order chi connectivity index (χ0) is 14.4. The van der Waals surface area contributed by atoms with Gasteiger partial charge in [0.25, 0.3) is 5.91 Å². The first-order chi connectivity index (χ1) is 8.96. The quantitative estimate of drug-likeness (QED) is 0.520. The third kappa shape index (κ3) is 4.96. The Balaban J connectivity index is 2.83. The summed E-state index contributed by atoms with van der Waals surface area (Å²) in [5, 5.41) is 2.80. The number of nitrogen functional groups attached to an aromatic ring is 1. The number of hydrogen-bond donors (Lipinski definition) is 3. The summed E-state index contributed by atoms with van der Waals surface area (Å²) in [6, 6.07) is 3.17. The molecule has 1 aromatic heterocycles. The van der Waals surface area contributed by atoms with E-state index in [0.29, 0.717) is 23.6 Å². The number of nitrogens with zero attached hydrogens (tertiary/aromatic N) is 1. The van der Waals surface area contributed by atoms with Crippen LogP contribution in [-0.2, 0) is 17.2 Å². The fourth-order valence-electron chi connectivity index (χ4n) is 1.67. The van der Waals surface area contributed by atoms with Crippen molar-refractivity contribution < 1.29 is 9.00 Å². The Morgan fingerprint density at radius 3 is 2.74 bits per heavy atom. The van der Waals surface area contributed by atoms with Crippen LogP contribution >= 0.6 is 0 Å². The molecule has 1 rings (SSSR count). The van der Waals surface area contributed by atoms with Crippen molar-refractivity contribution in [1.82, 2.24) is 10.3 Å². The molecule has 0 saturated carbocycles. The van der Waals surface area contributed by atoms with Crippen LogP contribution in [0.25, 0.3) is 0 Å². The molecule has 19 heavy (non-hydrogen) atoms. The first-order valence-electron chi connectivity index (χ1n) is 6.04. The van der Waals surface area contributed by atoms with Gasteiger partial charge in [-0.3, -0.25) is 9.00 Å². The number of aromatic nitrogens is 1. The van der Waals surface area contributed by atoms with Gasteiger partial charge in [0.15, 0.2) is 0 Å². The van der Waals surface area contributed by atoms with Gasteiger partial charge in [-0.1, -0.05) is 6.92 Å². The predicted molar refractivity (Wildman–Crippen MR) is 77.3 cm³/mol. The van der Waals surface area contributed by atoms with E-state index in [0.717, 1.165) is 5.69 Å². The molecule has 0 saturated heterocycles. The topological polar surface area (TPSA) is 97.1 Å². The number of carbonyl (C=O) groups is 1. The molecule has 0 spiro atoms. The number of rotatable bonds is 6. The van der Waals surface area contributed by atoms with Crippen LogP contribution in [0.5, 0.6) is 0 Å². The van der Waals surface area contributed by atoms with Crippen LogP contribution in [0.3, 0.4) is 0 Å². The molecule has 0 aromatic carbocycles. The van der Waals surface area contributed by atoms with Crippen molar-refractivity contribution >= 4 is 22.5 Å². The van der Waals surface area contributed by atoms with E-state index in [9.17, 15) is 9.00 Å². The molecule has 2 atom stereocenters. The van der Waals surface area contributed by atoms with Crippen molar-refractivity contribution in [1.29, 1.82) is 0 Å². The highest BCUT2D eigenvalue weighted by molar-refractivity contribution is 7.84. The zero-order valence-corrected chi connectivity index (χ0v) is 12.2. The second kappa shape index (κ2) is 7.20. The Labute approximate surface area is 115 Å². The van der Waals surface area contributed by atoms with E-state index in [1.165, 1.54) is 0 Å². The van der Waals surface area contributed by atoms with Crippen LogP contribution in [0.15, 0.2) is 12.1 Å². The van der Waals surface area contributed by atoms with Gasteiger partial charge in [0.1, 0.15) is 5.82 Å². The molecule has 0 aliphatic heterocycles. The lowest BCUT2D eigenvalue weighted by molar-refractivity contribution is 0.0943. The molecule has 6 nitrogen and oxygen atoms in total. The first-order valence-corrected chi connectivity index (χ1v) is 7.77. The lowest BCUT2D eigenvalue weighted by Crippen LogP contribution is -2.36. The summed E-state index contributed by atoms with van der Waals surface area (Å²) in [7, 11) is -0.940.